The summed E-state index contributed by atoms with van der Waals surface area (Å²) in [6.07, 6.45) is 0.834. The molecule has 94 valence electrons. The van der Waals surface area contributed by atoms with E-state index in [9.17, 15) is 9.90 Å². The maximum Gasteiger partial charge on any atom is 0.322 e. The molecule has 0 spiro atoms. The lowest BCUT2D eigenvalue weighted by Crippen LogP contribution is -2.49. The zero-order chi connectivity index (χ0) is 12.4. The molecule has 1 heterocycles. The SMILES string of the molecule is CC(C)(C)OC(=O)C(S)C1(O)CCOCC1. The van der Waals surface area contributed by atoms with Crippen LogP contribution in [-0.2, 0) is 14.3 Å². The predicted octanol–water partition coefficient (Wildman–Crippen LogP) is 1.17. The number of hydrogen-bond acceptors (Lipinski definition) is 5. The molecule has 5 heteroatoms. The fourth-order valence-electron chi connectivity index (χ4n) is 1.58. The van der Waals surface area contributed by atoms with Gasteiger partial charge in [-0.1, -0.05) is 0 Å². The smallest absolute Gasteiger partial charge is 0.322 e. The Balaban J connectivity index is 2.61. The molecule has 4 nitrogen and oxygen atoms in total. The molecule has 0 aromatic heterocycles. The van der Waals surface area contributed by atoms with Crippen LogP contribution in [0.3, 0.4) is 0 Å². The van der Waals surface area contributed by atoms with E-state index < -0.39 is 22.4 Å². The summed E-state index contributed by atoms with van der Waals surface area (Å²) in [5.41, 5.74) is -1.66. The third kappa shape index (κ3) is 3.64. The van der Waals surface area contributed by atoms with E-state index in [1.54, 1.807) is 20.8 Å². The Morgan fingerprint density at radius 3 is 2.38 bits per heavy atom. The Morgan fingerprint density at radius 1 is 1.44 bits per heavy atom. The van der Waals surface area contributed by atoms with Gasteiger partial charge >= 0.3 is 5.97 Å². The van der Waals surface area contributed by atoms with E-state index in [1.165, 1.54) is 0 Å². The summed E-state index contributed by atoms with van der Waals surface area (Å²) in [6.45, 7) is 6.28. The van der Waals surface area contributed by atoms with Gasteiger partial charge in [0.2, 0.25) is 0 Å². The lowest BCUT2D eigenvalue weighted by Gasteiger charge is -2.36. The van der Waals surface area contributed by atoms with Crippen LogP contribution in [0.25, 0.3) is 0 Å². The summed E-state index contributed by atoms with van der Waals surface area (Å²) in [6, 6.07) is 0. The molecular weight excluding hydrogens is 228 g/mol. The van der Waals surface area contributed by atoms with E-state index in [1.807, 2.05) is 0 Å². The highest BCUT2D eigenvalue weighted by Gasteiger charge is 2.42. The number of carbonyl (C=O) groups is 1. The summed E-state index contributed by atoms with van der Waals surface area (Å²) >= 11 is 4.19. The molecule has 0 bridgehead atoms. The molecule has 0 amide bonds. The maximum absolute atomic E-state index is 11.8. The molecule has 1 aliphatic heterocycles. The second kappa shape index (κ2) is 4.94. The van der Waals surface area contributed by atoms with Gasteiger partial charge in [0.25, 0.3) is 0 Å². The summed E-state index contributed by atoms with van der Waals surface area (Å²) in [5, 5.41) is 9.44. The Kier molecular flexibility index (Phi) is 4.26. The molecule has 16 heavy (non-hydrogen) atoms. The molecule has 1 saturated heterocycles. The molecule has 1 N–H and O–H groups in total. The van der Waals surface area contributed by atoms with Gasteiger partial charge in [-0.25, -0.2) is 0 Å². The van der Waals surface area contributed by atoms with Gasteiger partial charge in [-0.15, -0.1) is 0 Å². The lowest BCUT2D eigenvalue weighted by molar-refractivity contribution is -0.162. The average Bonchev–Trinajstić information content (AvgIpc) is 2.15. The van der Waals surface area contributed by atoms with E-state index in [4.69, 9.17) is 9.47 Å². The van der Waals surface area contributed by atoms with Gasteiger partial charge in [0.15, 0.2) is 0 Å². The molecule has 0 radical (unpaired) electrons. The monoisotopic (exact) mass is 248 g/mol. The van der Waals surface area contributed by atoms with E-state index >= 15 is 0 Å². The highest BCUT2D eigenvalue weighted by atomic mass is 32.1. The first-order chi connectivity index (χ1) is 7.25. The van der Waals surface area contributed by atoms with Gasteiger partial charge in [-0.3, -0.25) is 4.79 Å². The van der Waals surface area contributed by atoms with Gasteiger partial charge in [0, 0.05) is 26.1 Å². The molecule has 0 aromatic rings. The maximum atomic E-state index is 11.8. The minimum absolute atomic E-state index is 0.417. The number of rotatable bonds is 2. The Hall–Kier alpha value is -0.260. The van der Waals surface area contributed by atoms with Crippen LogP contribution in [0.1, 0.15) is 33.6 Å². The van der Waals surface area contributed by atoms with Gasteiger partial charge in [0.1, 0.15) is 10.9 Å². The summed E-state index contributed by atoms with van der Waals surface area (Å²) in [4.78, 5) is 11.8. The Bertz CT molecular complexity index is 253. The van der Waals surface area contributed by atoms with Crippen molar-refractivity contribution in [3.8, 4) is 0 Å². The molecule has 1 fully saturated rings. The molecule has 0 aliphatic carbocycles. The zero-order valence-corrected chi connectivity index (χ0v) is 10.9. The highest BCUT2D eigenvalue weighted by Crippen LogP contribution is 2.29. The summed E-state index contributed by atoms with van der Waals surface area (Å²) in [7, 11) is 0. The largest absolute Gasteiger partial charge is 0.459 e. The van der Waals surface area contributed by atoms with Crippen molar-refractivity contribution in [1.29, 1.82) is 0 Å². The van der Waals surface area contributed by atoms with Gasteiger partial charge in [-0.2, -0.15) is 12.6 Å². The van der Waals surface area contributed by atoms with Crippen LogP contribution in [-0.4, -0.2) is 40.7 Å². The number of ether oxygens (including phenoxy) is 2. The molecule has 1 rings (SSSR count). The normalized spacial score (nSPS) is 22.6. The van der Waals surface area contributed by atoms with E-state index in [0.29, 0.717) is 26.1 Å². The van der Waals surface area contributed by atoms with Crippen LogP contribution < -0.4 is 0 Å². The summed E-state index contributed by atoms with van der Waals surface area (Å²) < 4.78 is 10.4. The molecule has 0 saturated carbocycles. The van der Waals surface area contributed by atoms with Crippen molar-refractivity contribution in [2.75, 3.05) is 13.2 Å². The number of aliphatic hydroxyl groups is 1. The molecular formula is C11H20O4S. The molecule has 1 unspecified atom stereocenters. The van der Waals surface area contributed by atoms with Crippen LogP contribution >= 0.6 is 12.6 Å². The first kappa shape index (κ1) is 13.8. The molecule has 1 aliphatic rings. The quantitative estimate of drug-likeness (QED) is 0.569. The van der Waals surface area contributed by atoms with Crippen molar-refractivity contribution in [3.05, 3.63) is 0 Å². The second-order valence-electron chi connectivity index (χ2n) is 5.15. The number of thiol groups is 1. The van der Waals surface area contributed by atoms with Crippen molar-refractivity contribution in [2.24, 2.45) is 0 Å². The second-order valence-corrected chi connectivity index (χ2v) is 5.67. The topological polar surface area (TPSA) is 55.8 Å². The fraction of sp³-hybridized carbons (Fsp3) is 0.909. The van der Waals surface area contributed by atoms with E-state index in [2.05, 4.69) is 12.6 Å². The average molecular weight is 248 g/mol. The van der Waals surface area contributed by atoms with Crippen LogP contribution in [0.5, 0.6) is 0 Å². The van der Waals surface area contributed by atoms with Gasteiger partial charge < -0.3 is 14.6 Å². The van der Waals surface area contributed by atoms with Crippen molar-refractivity contribution in [1.82, 2.24) is 0 Å². The van der Waals surface area contributed by atoms with Gasteiger partial charge in [-0.05, 0) is 20.8 Å². The van der Waals surface area contributed by atoms with E-state index in [-0.39, 0.29) is 0 Å². The Labute approximate surface area is 102 Å². The van der Waals surface area contributed by atoms with Crippen LogP contribution in [0, 0.1) is 0 Å². The minimum Gasteiger partial charge on any atom is -0.459 e. The van der Waals surface area contributed by atoms with Crippen LogP contribution in [0.4, 0.5) is 0 Å². The standard InChI is InChI=1S/C11H20O4S/c1-10(2,3)15-9(12)8(16)11(13)4-6-14-7-5-11/h8,13,16H,4-7H2,1-3H3. The third-order valence-corrected chi connectivity index (χ3v) is 3.19. The third-order valence-electron chi connectivity index (χ3n) is 2.50. The zero-order valence-electron chi connectivity index (χ0n) is 10.0. The van der Waals surface area contributed by atoms with Crippen molar-refractivity contribution >= 4 is 18.6 Å². The minimum atomic E-state index is -1.11. The number of hydrogen-bond donors (Lipinski definition) is 2. The Morgan fingerprint density at radius 2 is 1.94 bits per heavy atom. The van der Waals surface area contributed by atoms with Crippen molar-refractivity contribution in [2.45, 2.75) is 50.1 Å². The lowest BCUT2D eigenvalue weighted by atomic mass is 9.90. The van der Waals surface area contributed by atoms with Crippen molar-refractivity contribution < 1.29 is 19.4 Å². The van der Waals surface area contributed by atoms with Crippen molar-refractivity contribution in [3.63, 3.8) is 0 Å². The number of carbonyl (C=O) groups excluding carboxylic acids is 1. The first-order valence-electron chi connectivity index (χ1n) is 5.46. The molecule has 1 atom stereocenters. The fourth-order valence-corrected chi connectivity index (χ4v) is 1.89. The molecule has 0 aromatic carbocycles. The van der Waals surface area contributed by atoms with Gasteiger partial charge in [0.05, 0.1) is 5.60 Å². The number of esters is 1. The highest BCUT2D eigenvalue weighted by molar-refractivity contribution is 7.81. The van der Waals surface area contributed by atoms with E-state index in [0.717, 1.165) is 0 Å². The first-order valence-corrected chi connectivity index (χ1v) is 5.97. The summed E-state index contributed by atoms with van der Waals surface area (Å²) in [5.74, 6) is -0.472. The van der Waals surface area contributed by atoms with Crippen LogP contribution in [0.2, 0.25) is 0 Å². The predicted molar refractivity (Wildman–Crippen MR) is 63.6 cm³/mol. The van der Waals surface area contributed by atoms with Crippen LogP contribution in [0.15, 0.2) is 0 Å².